The Labute approximate surface area is 155 Å². The summed E-state index contributed by atoms with van der Waals surface area (Å²) in [4.78, 5) is 9.13. The van der Waals surface area contributed by atoms with Crippen LogP contribution in [0, 0.1) is 0 Å². The molecule has 0 atom stereocenters. The van der Waals surface area contributed by atoms with Crippen molar-refractivity contribution in [1.82, 2.24) is 9.97 Å². The van der Waals surface area contributed by atoms with Gasteiger partial charge in [-0.05, 0) is 44.2 Å². The Hall–Kier alpha value is -1.30. The second-order valence-electron chi connectivity index (χ2n) is 5.07. The van der Waals surface area contributed by atoms with Crippen LogP contribution in [-0.2, 0) is 0 Å². The normalized spacial score (nSPS) is 12.8. The van der Waals surface area contributed by atoms with Crippen molar-refractivity contribution in [3.63, 3.8) is 0 Å². The van der Waals surface area contributed by atoms with Crippen LogP contribution in [0.4, 0.5) is 10.2 Å². The first-order chi connectivity index (χ1) is 11.5. The van der Waals surface area contributed by atoms with Crippen molar-refractivity contribution in [1.29, 1.82) is 0 Å². The molecule has 3 nitrogen and oxygen atoms in total. The van der Waals surface area contributed by atoms with Gasteiger partial charge in [-0.2, -0.15) is 0 Å². The molecule has 128 valence electrons. The van der Waals surface area contributed by atoms with Gasteiger partial charge in [-0.1, -0.05) is 35.4 Å². The summed E-state index contributed by atoms with van der Waals surface area (Å²) in [5.74, 6) is 0.482. The third-order valence-electron chi connectivity index (χ3n) is 3.36. The van der Waals surface area contributed by atoms with E-state index in [-0.39, 0.29) is 5.83 Å². The van der Waals surface area contributed by atoms with E-state index in [1.165, 1.54) is 18.7 Å². The van der Waals surface area contributed by atoms with Gasteiger partial charge in [0.2, 0.25) is 0 Å². The number of thioether (sulfide) groups is 1. The molecule has 24 heavy (non-hydrogen) atoms. The molecule has 2 aromatic rings. The van der Waals surface area contributed by atoms with Gasteiger partial charge in [0.05, 0.1) is 21.1 Å². The lowest BCUT2D eigenvalue weighted by Gasteiger charge is -2.11. The lowest BCUT2D eigenvalue weighted by molar-refractivity contribution is 0.625. The van der Waals surface area contributed by atoms with E-state index >= 15 is 0 Å². The molecule has 1 aromatic heterocycles. The van der Waals surface area contributed by atoms with E-state index in [4.69, 9.17) is 23.2 Å². The molecule has 1 N–H and O–H groups in total. The Morgan fingerprint density at radius 3 is 2.42 bits per heavy atom. The van der Waals surface area contributed by atoms with Gasteiger partial charge in [-0.25, -0.2) is 14.4 Å². The first-order valence-electron chi connectivity index (χ1n) is 7.38. The van der Waals surface area contributed by atoms with Crippen LogP contribution in [0.1, 0.15) is 20.3 Å². The van der Waals surface area contributed by atoms with E-state index in [1.807, 2.05) is 19.3 Å². The Kier molecular flexibility index (Phi) is 6.90. The van der Waals surface area contributed by atoms with Crippen LogP contribution in [0.2, 0.25) is 10.0 Å². The summed E-state index contributed by atoms with van der Waals surface area (Å²) in [7, 11) is 0. The number of hydrogen-bond donors (Lipinski definition) is 1. The van der Waals surface area contributed by atoms with E-state index in [1.54, 1.807) is 18.2 Å². The van der Waals surface area contributed by atoms with Crippen LogP contribution in [0.3, 0.4) is 0 Å². The quantitative estimate of drug-likeness (QED) is 0.468. The molecule has 0 amide bonds. The van der Waals surface area contributed by atoms with Crippen molar-refractivity contribution in [2.45, 2.75) is 25.3 Å². The zero-order valence-corrected chi connectivity index (χ0v) is 16.0. The van der Waals surface area contributed by atoms with Crippen LogP contribution < -0.4 is 5.32 Å². The molecular weight excluding hydrogens is 368 g/mol. The van der Waals surface area contributed by atoms with Crippen LogP contribution >= 0.6 is 35.0 Å². The highest BCUT2D eigenvalue weighted by atomic mass is 35.5. The molecule has 2 rings (SSSR count). The molecule has 1 aromatic carbocycles. The van der Waals surface area contributed by atoms with Crippen molar-refractivity contribution >= 4 is 51.8 Å². The zero-order chi connectivity index (χ0) is 17.7. The summed E-state index contributed by atoms with van der Waals surface area (Å²) in [5, 5.41) is 4.88. The molecular formula is C17H18Cl2FN3S. The van der Waals surface area contributed by atoms with E-state index < -0.39 is 0 Å². The molecule has 0 unspecified atom stereocenters. The third kappa shape index (κ3) is 4.62. The number of hydrogen-bond acceptors (Lipinski definition) is 4. The molecule has 7 heteroatoms. The molecule has 0 bridgehead atoms. The molecule has 0 aliphatic heterocycles. The topological polar surface area (TPSA) is 37.8 Å². The van der Waals surface area contributed by atoms with Crippen molar-refractivity contribution < 1.29 is 4.39 Å². The lowest BCUT2D eigenvalue weighted by atomic mass is 10.1. The standard InChI is InChI=1S/C17H18Cl2FN3S/c1-4-5-11(10(2)20)6-7-21-16-17(24-3)23-15-9-13(19)12(18)8-14(15)22-16/h4-5,8-9H,6-7H2,1-3H3,(H,21,22)/b5-4-,11-10-. The molecule has 0 aliphatic rings. The van der Waals surface area contributed by atoms with Gasteiger partial charge in [-0.15, -0.1) is 11.8 Å². The number of aromatic nitrogens is 2. The number of rotatable bonds is 6. The number of nitrogens with one attached hydrogen (secondary N) is 1. The molecule has 0 saturated carbocycles. The Morgan fingerprint density at radius 1 is 1.25 bits per heavy atom. The van der Waals surface area contributed by atoms with E-state index in [0.29, 0.717) is 45.4 Å². The molecule has 0 aliphatic carbocycles. The maximum atomic E-state index is 13.5. The fourth-order valence-corrected chi connectivity index (χ4v) is 3.00. The molecule has 0 saturated heterocycles. The van der Waals surface area contributed by atoms with E-state index in [2.05, 4.69) is 15.3 Å². The highest BCUT2D eigenvalue weighted by molar-refractivity contribution is 7.98. The van der Waals surface area contributed by atoms with E-state index in [9.17, 15) is 4.39 Å². The molecule has 0 fully saturated rings. The smallest absolute Gasteiger partial charge is 0.159 e. The minimum Gasteiger partial charge on any atom is -0.367 e. The van der Waals surface area contributed by atoms with Crippen molar-refractivity contribution in [3.8, 4) is 0 Å². The van der Waals surface area contributed by atoms with Gasteiger partial charge in [0.1, 0.15) is 10.9 Å². The third-order valence-corrected chi connectivity index (χ3v) is 4.76. The Bertz CT molecular complexity index is 802. The van der Waals surface area contributed by atoms with Gasteiger partial charge in [0, 0.05) is 6.54 Å². The fraction of sp³-hybridized carbons (Fsp3) is 0.294. The predicted octanol–water partition coefficient (Wildman–Crippen LogP) is 6.28. The van der Waals surface area contributed by atoms with Gasteiger partial charge in [-0.3, -0.25) is 0 Å². The van der Waals surface area contributed by atoms with Crippen LogP contribution in [0.25, 0.3) is 11.0 Å². The molecule has 0 radical (unpaired) electrons. The fourth-order valence-electron chi connectivity index (χ4n) is 2.18. The summed E-state index contributed by atoms with van der Waals surface area (Å²) in [6.45, 7) is 3.88. The van der Waals surface area contributed by atoms with Crippen LogP contribution in [-0.4, -0.2) is 22.8 Å². The SMILES string of the molecule is C/C=C\C(CCNc1nc2cc(Cl)c(Cl)cc2nc1SC)=C(/C)F. The maximum absolute atomic E-state index is 13.5. The van der Waals surface area contributed by atoms with Crippen molar-refractivity contribution in [3.05, 3.63) is 45.7 Å². The van der Waals surface area contributed by atoms with Crippen molar-refractivity contribution in [2.75, 3.05) is 18.1 Å². The second-order valence-corrected chi connectivity index (χ2v) is 6.68. The monoisotopic (exact) mass is 385 g/mol. The zero-order valence-electron chi connectivity index (χ0n) is 13.7. The number of benzene rings is 1. The number of anilines is 1. The largest absolute Gasteiger partial charge is 0.367 e. The summed E-state index contributed by atoms with van der Waals surface area (Å²) >= 11 is 13.6. The Balaban J connectivity index is 2.25. The lowest BCUT2D eigenvalue weighted by Crippen LogP contribution is -2.07. The van der Waals surface area contributed by atoms with E-state index in [0.717, 1.165) is 5.03 Å². The Morgan fingerprint density at radius 2 is 1.88 bits per heavy atom. The second kappa shape index (κ2) is 8.70. The number of fused-ring (bicyclic) bond motifs is 1. The predicted molar refractivity (Wildman–Crippen MR) is 103 cm³/mol. The minimum absolute atomic E-state index is 0.175. The minimum atomic E-state index is -0.175. The average Bonchev–Trinajstić information content (AvgIpc) is 2.54. The highest BCUT2D eigenvalue weighted by Crippen LogP contribution is 2.30. The molecule has 1 heterocycles. The number of nitrogens with zero attached hydrogens (tertiary/aromatic N) is 2. The number of allylic oxidation sites excluding steroid dienone is 3. The highest BCUT2D eigenvalue weighted by Gasteiger charge is 2.10. The van der Waals surface area contributed by atoms with Gasteiger partial charge in [0.15, 0.2) is 5.82 Å². The van der Waals surface area contributed by atoms with Gasteiger partial charge in [0.25, 0.3) is 0 Å². The first-order valence-corrected chi connectivity index (χ1v) is 9.37. The van der Waals surface area contributed by atoms with Gasteiger partial charge < -0.3 is 5.32 Å². The summed E-state index contributed by atoms with van der Waals surface area (Å²) in [5.41, 5.74) is 2.02. The summed E-state index contributed by atoms with van der Waals surface area (Å²) < 4.78 is 13.5. The first kappa shape index (κ1) is 19.0. The summed E-state index contributed by atoms with van der Waals surface area (Å²) in [6.07, 6.45) is 6.09. The van der Waals surface area contributed by atoms with Crippen LogP contribution in [0.15, 0.2) is 40.7 Å². The van der Waals surface area contributed by atoms with Crippen molar-refractivity contribution in [2.24, 2.45) is 0 Å². The average molecular weight is 386 g/mol. The van der Waals surface area contributed by atoms with Crippen LogP contribution in [0.5, 0.6) is 0 Å². The summed E-state index contributed by atoms with van der Waals surface area (Å²) in [6, 6.07) is 3.40. The molecule has 0 spiro atoms. The number of halogens is 3. The maximum Gasteiger partial charge on any atom is 0.159 e. The van der Waals surface area contributed by atoms with Gasteiger partial charge >= 0.3 is 0 Å².